The molecular formula is C21H26N4O2. The highest BCUT2D eigenvalue weighted by Crippen LogP contribution is 2.33. The maximum absolute atomic E-state index is 5.48. The van der Waals surface area contributed by atoms with Gasteiger partial charge in [-0.3, -0.25) is 4.90 Å². The molecule has 1 N–H and O–H groups in total. The average molecular weight is 366 g/mol. The van der Waals surface area contributed by atoms with Gasteiger partial charge in [0.25, 0.3) is 0 Å². The Hall–Kier alpha value is -2.60. The first-order chi connectivity index (χ1) is 13.1. The van der Waals surface area contributed by atoms with Crippen LogP contribution in [0.2, 0.25) is 0 Å². The third kappa shape index (κ3) is 3.37. The van der Waals surface area contributed by atoms with Crippen LogP contribution in [0.25, 0.3) is 16.5 Å². The van der Waals surface area contributed by atoms with Gasteiger partial charge in [0.1, 0.15) is 5.75 Å². The molecule has 2 aromatic heterocycles. The summed E-state index contributed by atoms with van der Waals surface area (Å²) in [4.78, 5) is 10.3. The maximum atomic E-state index is 5.48. The number of methoxy groups -OCH3 is 1. The van der Waals surface area contributed by atoms with Crippen LogP contribution in [0.3, 0.4) is 0 Å². The van der Waals surface area contributed by atoms with Gasteiger partial charge < -0.3 is 14.2 Å². The van der Waals surface area contributed by atoms with Crippen molar-refractivity contribution >= 4 is 16.5 Å². The number of hydrogen-bond donors (Lipinski definition) is 1. The third-order valence-electron chi connectivity index (χ3n) is 5.35. The number of aromatic amines is 1. The third-order valence-corrected chi connectivity index (χ3v) is 5.35. The Balaban J connectivity index is 1.53. The van der Waals surface area contributed by atoms with Crippen molar-refractivity contribution in [1.29, 1.82) is 0 Å². The van der Waals surface area contributed by atoms with Crippen LogP contribution in [0.1, 0.15) is 56.4 Å². The number of nitrogens with zero attached hydrogens (tertiary/aromatic N) is 3. The molecule has 142 valence electrons. The maximum Gasteiger partial charge on any atom is 0.243 e. The van der Waals surface area contributed by atoms with Crippen LogP contribution < -0.4 is 4.74 Å². The fraction of sp³-hybridized carbons (Fsp3) is 0.429. The second-order valence-electron chi connectivity index (χ2n) is 7.41. The van der Waals surface area contributed by atoms with Gasteiger partial charge in [-0.2, -0.15) is 4.98 Å². The molecule has 3 heterocycles. The molecule has 4 rings (SSSR count). The summed E-state index contributed by atoms with van der Waals surface area (Å²) in [5.74, 6) is 2.64. The van der Waals surface area contributed by atoms with Crippen molar-refractivity contribution in [2.24, 2.45) is 0 Å². The van der Waals surface area contributed by atoms with Crippen molar-refractivity contribution in [2.75, 3.05) is 20.2 Å². The van der Waals surface area contributed by atoms with Crippen molar-refractivity contribution in [3.05, 3.63) is 47.8 Å². The van der Waals surface area contributed by atoms with Gasteiger partial charge >= 0.3 is 0 Å². The molecule has 0 saturated heterocycles. The molecule has 1 aliphatic heterocycles. The minimum absolute atomic E-state index is 0.117. The number of fused-ring (bicyclic) bond motifs is 1. The largest absolute Gasteiger partial charge is 0.497 e. The van der Waals surface area contributed by atoms with E-state index in [2.05, 4.69) is 65.2 Å². The first kappa shape index (κ1) is 17.8. The van der Waals surface area contributed by atoms with Gasteiger partial charge in [0.05, 0.1) is 13.2 Å². The minimum atomic E-state index is 0.117. The molecule has 6 heteroatoms. The highest BCUT2D eigenvalue weighted by molar-refractivity contribution is 5.93. The SMILES string of the molecule is COc1ccc2[nH]cc(C3=CCN([C@H](C)c4nc(C(C)C)no4)CC3)c2c1. The normalized spacial score (nSPS) is 16.7. The minimum Gasteiger partial charge on any atom is -0.497 e. The molecule has 3 aromatic rings. The molecule has 0 spiro atoms. The van der Waals surface area contributed by atoms with Gasteiger partial charge in [-0.15, -0.1) is 0 Å². The van der Waals surface area contributed by atoms with E-state index in [0.717, 1.165) is 36.6 Å². The van der Waals surface area contributed by atoms with Crippen LogP contribution in [0, 0.1) is 0 Å². The quantitative estimate of drug-likeness (QED) is 0.718. The number of H-pyrrole nitrogens is 1. The number of hydrogen-bond acceptors (Lipinski definition) is 5. The molecule has 0 radical (unpaired) electrons. The molecule has 0 aliphatic carbocycles. The number of aromatic nitrogens is 3. The fourth-order valence-electron chi connectivity index (χ4n) is 3.58. The van der Waals surface area contributed by atoms with Gasteiger partial charge in [-0.25, -0.2) is 0 Å². The molecular weight excluding hydrogens is 340 g/mol. The van der Waals surface area contributed by atoms with Gasteiger partial charge in [0.2, 0.25) is 5.89 Å². The molecule has 0 fully saturated rings. The van der Waals surface area contributed by atoms with Crippen molar-refractivity contribution in [1.82, 2.24) is 20.0 Å². The summed E-state index contributed by atoms with van der Waals surface area (Å²) < 4.78 is 10.9. The summed E-state index contributed by atoms with van der Waals surface area (Å²) in [5, 5.41) is 5.30. The molecule has 1 aliphatic rings. The Kier molecular flexibility index (Phi) is 4.74. The molecule has 1 atom stereocenters. The van der Waals surface area contributed by atoms with Crippen molar-refractivity contribution in [3.63, 3.8) is 0 Å². The topological polar surface area (TPSA) is 67.2 Å². The van der Waals surface area contributed by atoms with Crippen molar-refractivity contribution in [2.45, 2.75) is 39.2 Å². The summed E-state index contributed by atoms with van der Waals surface area (Å²) in [5.41, 5.74) is 3.76. The van der Waals surface area contributed by atoms with E-state index < -0.39 is 0 Å². The molecule has 1 aromatic carbocycles. The lowest BCUT2D eigenvalue weighted by Gasteiger charge is -2.29. The van der Waals surface area contributed by atoms with Crippen LogP contribution in [0.15, 0.2) is 35.0 Å². The summed E-state index contributed by atoms with van der Waals surface area (Å²) in [6, 6.07) is 6.27. The zero-order valence-corrected chi connectivity index (χ0v) is 16.3. The smallest absolute Gasteiger partial charge is 0.243 e. The lowest BCUT2D eigenvalue weighted by atomic mass is 9.98. The number of rotatable bonds is 5. The highest BCUT2D eigenvalue weighted by atomic mass is 16.5. The van der Waals surface area contributed by atoms with Crippen LogP contribution in [-0.2, 0) is 0 Å². The van der Waals surface area contributed by atoms with Crippen LogP contribution in [0.5, 0.6) is 5.75 Å². The van der Waals surface area contributed by atoms with Crippen LogP contribution in [-0.4, -0.2) is 40.2 Å². The second-order valence-corrected chi connectivity index (χ2v) is 7.41. The van der Waals surface area contributed by atoms with E-state index in [-0.39, 0.29) is 12.0 Å². The lowest BCUT2D eigenvalue weighted by molar-refractivity contribution is 0.189. The molecule has 27 heavy (non-hydrogen) atoms. The summed E-state index contributed by atoms with van der Waals surface area (Å²) >= 11 is 0. The van der Waals surface area contributed by atoms with Crippen molar-refractivity contribution < 1.29 is 9.26 Å². The second kappa shape index (κ2) is 7.19. The van der Waals surface area contributed by atoms with E-state index in [0.29, 0.717) is 5.89 Å². The van der Waals surface area contributed by atoms with Gasteiger partial charge in [0, 0.05) is 41.7 Å². The number of nitrogens with one attached hydrogen (secondary N) is 1. The molecule has 0 bridgehead atoms. The highest BCUT2D eigenvalue weighted by Gasteiger charge is 2.25. The monoisotopic (exact) mass is 366 g/mol. The van der Waals surface area contributed by atoms with E-state index >= 15 is 0 Å². The van der Waals surface area contributed by atoms with Gasteiger partial charge in [-0.1, -0.05) is 25.1 Å². The van der Waals surface area contributed by atoms with Crippen LogP contribution >= 0.6 is 0 Å². The number of benzene rings is 1. The van der Waals surface area contributed by atoms with E-state index in [4.69, 9.17) is 9.26 Å². The first-order valence-corrected chi connectivity index (χ1v) is 9.49. The fourth-order valence-corrected chi connectivity index (χ4v) is 3.58. The Morgan fingerprint density at radius 1 is 1.26 bits per heavy atom. The predicted octanol–water partition coefficient (Wildman–Crippen LogP) is 4.53. The zero-order valence-electron chi connectivity index (χ0n) is 16.3. The van der Waals surface area contributed by atoms with E-state index in [1.54, 1.807) is 7.11 Å². The lowest BCUT2D eigenvalue weighted by Crippen LogP contribution is -2.31. The zero-order chi connectivity index (χ0) is 19.0. The Labute approximate surface area is 159 Å². The Morgan fingerprint density at radius 3 is 2.78 bits per heavy atom. The summed E-state index contributed by atoms with van der Waals surface area (Å²) in [6.07, 6.45) is 5.39. The van der Waals surface area contributed by atoms with E-state index in [9.17, 15) is 0 Å². The summed E-state index contributed by atoms with van der Waals surface area (Å²) in [7, 11) is 1.70. The standard InChI is InChI=1S/C21H26N4O2/c1-13(2)20-23-21(27-24-20)14(3)25-9-7-15(8-10-25)18-12-22-19-6-5-16(26-4)11-17(18)19/h5-7,11-14,22H,8-10H2,1-4H3/t14-/m1/s1. The van der Waals surface area contributed by atoms with E-state index in [1.807, 2.05) is 6.07 Å². The molecule has 6 nitrogen and oxygen atoms in total. The molecule has 0 unspecified atom stereocenters. The Morgan fingerprint density at radius 2 is 2.11 bits per heavy atom. The van der Waals surface area contributed by atoms with Gasteiger partial charge in [-0.05, 0) is 37.1 Å². The predicted molar refractivity (Wildman–Crippen MR) is 106 cm³/mol. The van der Waals surface area contributed by atoms with Crippen molar-refractivity contribution in [3.8, 4) is 5.75 Å². The van der Waals surface area contributed by atoms with E-state index in [1.165, 1.54) is 16.5 Å². The van der Waals surface area contributed by atoms with Gasteiger partial charge in [0.15, 0.2) is 5.82 Å². The average Bonchev–Trinajstić information content (AvgIpc) is 3.34. The first-order valence-electron chi connectivity index (χ1n) is 9.49. The Bertz CT molecular complexity index is 970. The summed E-state index contributed by atoms with van der Waals surface area (Å²) in [6.45, 7) is 8.11. The number of ether oxygens (including phenoxy) is 1. The molecule has 0 amide bonds. The molecule has 0 saturated carbocycles. The van der Waals surface area contributed by atoms with Crippen LogP contribution in [0.4, 0.5) is 0 Å².